The van der Waals surface area contributed by atoms with Crippen LogP contribution in [0.15, 0.2) is 24.3 Å². The summed E-state index contributed by atoms with van der Waals surface area (Å²) < 4.78 is 11.5. The summed E-state index contributed by atoms with van der Waals surface area (Å²) in [5.41, 5.74) is 0.639. The maximum absolute atomic E-state index is 14.1. The van der Waals surface area contributed by atoms with E-state index in [1.54, 1.807) is 4.90 Å². The van der Waals surface area contributed by atoms with Gasteiger partial charge in [0, 0.05) is 44.0 Å². The fourth-order valence-electron chi connectivity index (χ4n) is 6.44. The number of nitrogens with one attached hydrogen (secondary N) is 1. The van der Waals surface area contributed by atoms with Gasteiger partial charge in [0.25, 0.3) is 5.91 Å². The molecule has 0 bridgehead atoms. The van der Waals surface area contributed by atoms with Gasteiger partial charge in [-0.05, 0) is 50.6 Å². The van der Waals surface area contributed by atoms with Gasteiger partial charge in [-0.25, -0.2) is 0 Å². The molecule has 9 nitrogen and oxygen atoms in total. The van der Waals surface area contributed by atoms with E-state index in [9.17, 15) is 14.4 Å². The molecule has 0 aromatic heterocycles. The molecule has 3 heterocycles. The molecule has 1 aromatic carbocycles. The maximum atomic E-state index is 14.1. The van der Waals surface area contributed by atoms with Gasteiger partial charge in [0.15, 0.2) is 5.78 Å². The molecule has 3 atom stereocenters. The van der Waals surface area contributed by atoms with E-state index in [1.165, 1.54) is 0 Å². The Morgan fingerprint density at radius 2 is 1.76 bits per heavy atom. The molecule has 3 aliphatic heterocycles. The number of ketones is 1. The van der Waals surface area contributed by atoms with Crippen LogP contribution in [0, 0.1) is 0 Å². The lowest BCUT2D eigenvalue weighted by Gasteiger charge is -2.40. The lowest BCUT2D eigenvalue weighted by Crippen LogP contribution is -2.62. The number of anilines is 1. The molecule has 0 spiro atoms. The number of hydrogen-bond acceptors (Lipinski definition) is 7. The number of ether oxygens (including phenoxy) is 2. The Kier molecular flexibility index (Phi) is 7.83. The summed E-state index contributed by atoms with van der Waals surface area (Å²) in [6, 6.07) is 7.06. The van der Waals surface area contributed by atoms with Gasteiger partial charge >= 0.3 is 0 Å². The highest BCUT2D eigenvalue weighted by Crippen LogP contribution is 2.36. The first kappa shape index (κ1) is 26.1. The van der Waals surface area contributed by atoms with Gasteiger partial charge in [-0.2, -0.15) is 0 Å². The van der Waals surface area contributed by atoms with Crippen molar-refractivity contribution >= 4 is 23.3 Å². The Bertz CT molecular complexity index is 985. The van der Waals surface area contributed by atoms with E-state index < -0.39 is 17.7 Å². The topological polar surface area (TPSA) is 91.4 Å². The number of rotatable bonds is 7. The van der Waals surface area contributed by atoms with Crippen molar-refractivity contribution in [2.45, 2.75) is 69.7 Å². The number of Topliss-reactive ketones (excluding diaryl/α,β-unsaturated/α-hetero) is 1. The fraction of sp³-hybridized carbons (Fsp3) is 0.679. The Balaban J connectivity index is 1.31. The van der Waals surface area contributed by atoms with Crippen LogP contribution in [0.4, 0.5) is 5.69 Å². The fourth-order valence-corrected chi connectivity index (χ4v) is 6.44. The van der Waals surface area contributed by atoms with Crippen LogP contribution in [0.1, 0.15) is 56.3 Å². The summed E-state index contributed by atoms with van der Waals surface area (Å²) in [6.07, 6.45) is 3.12. The normalized spacial score (nSPS) is 27.8. The summed E-state index contributed by atoms with van der Waals surface area (Å²) in [5, 5.41) is 3.14. The van der Waals surface area contributed by atoms with Crippen LogP contribution in [0.2, 0.25) is 0 Å². The van der Waals surface area contributed by atoms with Crippen LogP contribution in [0.25, 0.3) is 0 Å². The molecule has 0 radical (unpaired) electrons. The Hall–Kier alpha value is -2.49. The maximum Gasteiger partial charge on any atom is 0.252 e. The van der Waals surface area contributed by atoms with Gasteiger partial charge in [0.05, 0.1) is 6.54 Å². The quantitative estimate of drug-likeness (QED) is 0.596. The van der Waals surface area contributed by atoms with Crippen molar-refractivity contribution in [2.75, 3.05) is 57.4 Å². The van der Waals surface area contributed by atoms with Gasteiger partial charge in [0.1, 0.15) is 30.4 Å². The first-order valence-corrected chi connectivity index (χ1v) is 13.9. The van der Waals surface area contributed by atoms with Crippen LogP contribution in [-0.2, 0) is 19.1 Å². The number of carbonyl (C=O) groups is 3. The number of fused-ring (bicyclic) bond motifs is 1. The third kappa shape index (κ3) is 5.13. The molecule has 1 aromatic rings. The van der Waals surface area contributed by atoms with E-state index in [2.05, 4.69) is 22.0 Å². The summed E-state index contributed by atoms with van der Waals surface area (Å²) >= 11 is 0. The minimum absolute atomic E-state index is 0.00187. The molecule has 3 saturated heterocycles. The second kappa shape index (κ2) is 11.1. The number of hydrogen-bond donors (Lipinski definition) is 1. The number of benzene rings is 1. The second-order valence-electron chi connectivity index (χ2n) is 10.7. The third-order valence-corrected chi connectivity index (χ3v) is 8.56. The monoisotopic (exact) mass is 512 g/mol. The Morgan fingerprint density at radius 3 is 2.41 bits per heavy atom. The molecule has 0 unspecified atom stereocenters. The van der Waals surface area contributed by atoms with Crippen LogP contribution < -0.4 is 10.2 Å². The van der Waals surface area contributed by atoms with Crippen LogP contribution in [-0.4, -0.2) is 104 Å². The zero-order valence-electron chi connectivity index (χ0n) is 22.1. The van der Waals surface area contributed by atoms with Gasteiger partial charge in [-0.3, -0.25) is 14.4 Å². The zero-order valence-corrected chi connectivity index (χ0v) is 22.1. The van der Waals surface area contributed by atoms with Crippen LogP contribution in [0.5, 0.6) is 0 Å². The highest BCUT2D eigenvalue weighted by molar-refractivity contribution is 6.01. The predicted octanol–water partition coefficient (Wildman–Crippen LogP) is 1.85. The second-order valence-corrected chi connectivity index (χ2v) is 10.7. The lowest BCUT2D eigenvalue weighted by molar-refractivity contribution is -0.143. The molecule has 9 heteroatoms. The largest absolute Gasteiger partial charge is 0.374 e. The molecule has 5 rings (SSSR count). The van der Waals surface area contributed by atoms with Crippen molar-refractivity contribution in [3.05, 3.63) is 29.8 Å². The average molecular weight is 513 g/mol. The van der Waals surface area contributed by atoms with Crippen molar-refractivity contribution in [1.82, 2.24) is 15.1 Å². The van der Waals surface area contributed by atoms with Crippen LogP contribution >= 0.6 is 0 Å². The number of nitrogens with zero attached hydrogens (tertiary/aromatic N) is 3. The standard InChI is InChI=1S/C28H40N4O5/c1-3-30-14-16-31(17-15-30)21-10-8-20(9-11-21)26(34)29-28(12-6-5-7-13-28)27(35)32-18-23(36-4-2)25-24(32)22(33)19-37-25/h8-11,23-25H,3-7,12-19H2,1-2H3,(H,29,34)/t23-,24+,25+/m0/s1. The molecular formula is C28H40N4O5. The van der Waals surface area contributed by atoms with Crippen LogP contribution in [0.3, 0.4) is 0 Å². The molecule has 1 aliphatic carbocycles. The number of amides is 2. The predicted molar refractivity (Wildman–Crippen MR) is 140 cm³/mol. The van der Waals surface area contributed by atoms with E-state index in [1.807, 2.05) is 31.2 Å². The van der Waals surface area contributed by atoms with E-state index >= 15 is 0 Å². The molecule has 202 valence electrons. The zero-order chi connectivity index (χ0) is 26.0. The number of piperazine rings is 1. The summed E-state index contributed by atoms with van der Waals surface area (Å²) in [5.74, 6) is -0.515. The SMILES string of the molecule is CCO[C@H]1CN(C(=O)C2(NC(=O)c3ccc(N4CCN(CC)CC4)cc3)CCCCC2)[C@@H]2C(=O)CO[C@H]12. The first-order valence-electron chi connectivity index (χ1n) is 13.9. The number of likely N-dealkylation sites (tertiary alicyclic amines) is 1. The van der Waals surface area contributed by atoms with Crippen molar-refractivity contribution in [3.8, 4) is 0 Å². The Morgan fingerprint density at radius 1 is 1.05 bits per heavy atom. The molecule has 1 N–H and O–H groups in total. The molecule has 4 aliphatic rings. The molecule has 1 saturated carbocycles. The van der Waals surface area contributed by atoms with E-state index in [0.717, 1.165) is 57.7 Å². The minimum Gasteiger partial charge on any atom is -0.374 e. The summed E-state index contributed by atoms with van der Waals surface area (Å²) in [6.45, 7) is 9.98. The van der Waals surface area contributed by atoms with Gasteiger partial charge in [-0.15, -0.1) is 0 Å². The smallest absolute Gasteiger partial charge is 0.252 e. The van der Waals surface area contributed by atoms with E-state index in [0.29, 0.717) is 31.6 Å². The first-order chi connectivity index (χ1) is 18.0. The average Bonchev–Trinajstić information content (AvgIpc) is 3.49. The Labute approximate surface area is 219 Å². The lowest BCUT2D eigenvalue weighted by atomic mass is 9.80. The molecular weight excluding hydrogens is 472 g/mol. The molecule has 2 amide bonds. The van der Waals surface area contributed by atoms with Crippen molar-refractivity contribution in [1.29, 1.82) is 0 Å². The van der Waals surface area contributed by atoms with Crippen molar-refractivity contribution < 1.29 is 23.9 Å². The highest BCUT2D eigenvalue weighted by Gasteiger charge is 2.56. The number of likely N-dealkylation sites (N-methyl/N-ethyl adjacent to an activating group) is 1. The number of carbonyl (C=O) groups excluding carboxylic acids is 3. The van der Waals surface area contributed by atoms with Gasteiger partial charge < -0.3 is 29.5 Å². The van der Waals surface area contributed by atoms with E-state index in [-0.39, 0.29) is 30.3 Å². The molecule has 4 fully saturated rings. The van der Waals surface area contributed by atoms with Gasteiger partial charge in [0.2, 0.25) is 5.91 Å². The van der Waals surface area contributed by atoms with E-state index in [4.69, 9.17) is 9.47 Å². The third-order valence-electron chi connectivity index (χ3n) is 8.56. The highest BCUT2D eigenvalue weighted by atomic mass is 16.6. The van der Waals surface area contributed by atoms with Crippen molar-refractivity contribution in [3.63, 3.8) is 0 Å². The summed E-state index contributed by atoms with van der Waals surface area (Å²) in [7, 11) is 0. The summed E-state index contributed by atoms with van der Waals surface area (Å²) in [4.78, 5) is 46.6. The molecule has 37 heavy (non-hydrogen) atoms. The minimum atomic E-state index is -1.01. The van der Waals surface area contributed by atoms with Gasteiger partial charge in [-0.1, -0.05) is 26.2 Å². The van der Waals surface area contributed by atoms with Crippen molar-refractivity contribution in [2.24, 2.45) is 0 Å².